The molecule has 2 atom stereocenters. The third-order valence-electron chi connectivity index (χ3n) is 5.97. The topological polar surface area (TPSA) is 235 Å². The lowest BCUT2D eigenvalue weighted by Crippen LogP contribution is -2.41. The highest BCUT2D eigenvalue weighted by Crippen LogP contribution is 2.33. The lowest BCUT2D eigenvalue weighted by atomic mass is 9.84. The van der Waals surface area contributed by atoms with E-state index in [-0.39, 0.29) is 36.8 Å². The maximum Gasteiger partial charge on any atom is 0.282 e. The van der Waals surface area contributed by atoms with E-state index >= 15 is 0 Å². The first-order valence-corrected chi connectivity index (χ1v) is 17.7. The number of rotatable bonds is 12. The van der Waals surface area contributed by atoms with Crippen LogP contribution in [-0.2, 0) is 40.3 Å². The summed E-state index contributed by atoms with van der Waals surface area (Å²) in [6, 6.07) is 5.96. The molecule has 0 fully saturated rings. The third-order valence-corrected chi connectivity index (χ3v) is 11.4. The molecule has 0 aromatic heterocycles. The predicted molar refractivity (Wildman–Crippen MR) is 141 cm³/mol. The van der Waals surface area contributed by atoms with Crippen molar-refractivity contribution in [2.45, 2.75) is 60.1 Å². The second kappa shape index (κ2) is 11.4. The molecule has 0 heterocycles. The molecule has 0 bridgehead atoms. The minimum atomic E-state index is -4.89. The smallest absolute Gasteiger partial charge is 0.282 e. The third kappa shape index (κ3) is 6.49. The van der Waals surface area contributed by atoms with E-state index in [9.17, 15) is 52.4 Å². The highest BCUT2D eigenvalue weighted by atomic mass is 32.2. The van der Waals surface area contributed by atoms with Crippen molar-refractivity contribution in [3.63, 3.8) is 0 Å². The normalized spacial score (nSPS) is 15.8. The Balaban J connectivity index is 2.13. The van der Waals surface area contributed by atoms with Gasteiger partial charge in [0.05, 0.1) is 15.4 Å². The van der Waals surface area contributed by atoms with Crippen LogP contribution in [0.1, 0.15) is 71.4 Å². The summed E-state index contributed by atoms with van der Waals surface area (Å²) < 4.78 is 121. The molecule has 0 radical (unpaired) electrons. The zero-order chi connectivity index (χ0) is 30.3. The van der Waals surface area contributed by atoms with Gasteiger partial charge in [0, 0.05) is 16.7 Å². The van der Waals surface area contributed by atoms with E-state index in [1.165, 1.54) is 6.92 Å². The van der Waals surface area contributed by atoms with Crippen LogP contribution >= 0.6 is 0 Å². The first kappa shape index (κ1) is 31.9. The number of fused-ring (bicyclic) bond motifs is 2. The Kier molecular flexibility index (Phi) is 9.07. The first-order chi connectivity index (χ1) is 18.3. The Morgan fingerprint density at radius 3 is 1.70 bits per heavy atom. The van der Waals surface area contributed by atoms with Gasteiger partial charge in [-0.1, -0.05) is 38.8 Å². The van der Waals surface area contributed by atoms with Crippen molar-refractivity contribution in [2.24, 2.45) is 0 Å². The molecular formula is C22H26N2O12S4. The number of benzene rings is 2. The SMILES string of the molecule is CCCC(NS(=O)(=O)c1ccc2c(c1)C(=O)c1c(cccc1S(=O)(=O)NC(CCC)S(=O)(=O)O)C2=O)S(=O)(=O)O. The van der Waals surface area contributed by atoms with Crippen LogP contribution in [0.15, 0.2) is 46.2 Å². The second-order valence-corrected chi connectivity index (χ2v) is 15.5. The van der Waals surface area contributed by atoms with E-state index in [0.29, 0.717) is 0 Å². The zero-order valence-corrected chi connectivity index (χ0v) is 24.3. The Bertz CT molecular complexity index is 1800. The van der Waals surface area contributed by atoms with Crippen LogP contribution in [0.4, 0.5) is 0 Å². The molecule has 2 aromatic rings. The van der Waals surface area contributed by atoms with Crippen molar-refractivity contribution < 1.29 is 52.4 Å². The maximum atomic E-state index is 13.5. The van der Waals surface area contributed by atoms with Crippen molar-refractivity contribution in [3.8, 4) is 0 Å². The molecule has 2 unspecified atom stereocenters. The number of ketones is 2. The molecule has 220 valence electrons. The van der Waals surface area contributed by atoms with Crippen LogP contribution in [0.2, 0.25) is 0 Å². The number of sulfonamides is 2. The number of hydrogen-bond donors (Lipinski definition) is 4. The van der Waals surface area contributed by atoms with Crippen molar-refractivity contribution in [2.75, 3.05) is 0 Å². The molecule has 18 heteroatoms. The van der Waals surface area contributed by atoms with Gasteiger partial charge in [-0.15, -0.1) is 0 Å². The van der Waals surface area contributed by atoms with Gasteiger partial charge in [0.25, 0.3) is 20.2 Å². The summed E-state index contributed by atoms with van der Waals surface area (Å²) in [6.45, 7) is 3.09. The van der Waals surface area contributed by atoms with Gasteiger partial charge in [-0.2, -0.15) is 26.3 Å². The van der Waals surface area contributed by atoms with Crippen LogP contribution in [0.5, 0.6) is 0 Å². The Hall–Kier alpha value is -2.58. The van der Waals surface area contributed by atoms with Gasteiger partial charge in [0.2, 0.25) is 20.0 Å². The van der Waals surface area contributed by atoms with Gasteiger partial charge >= 0.3 is 0 Å². The van der Waals surface area contributed by atoms with Gasteiger partial charge in [-0.3, -0.25) is 18.7 Å². The van der Waals surface area contributed by atoms with Crippen LogP contribution < -0.4 is 9.44 Å². The van der Waals surface area contributed by atoms with E-state index in [4.69, 9.17) is 0 Å². The Labute approximate surface area is 231 Å². The van der Waals surface area contributed by atoms with Gasteiger partial charge in [-0.05, 0) is 37.1 Å². The highest BCUT2D eigenvalue weighted by molar-refractivity contribution is 7.92. The average molecular weight is 639 g/mol. The number of carbonyl (C=O) groups excluding carboxylic acids is 2. The molecule has 3 rings (SSSR count). The number of carbonyl (C=O) groups is 2. The van der Waals surface area contributed by atoms with Crippen molar-refractivity contribution in [1.82, 2.24) is 9.44 Å². The molecule has 1 aliphatic rings. The molecule has 0 amide bonds. The number of hydrogen-bond acceptors (Lipinski definition) is 10. The summed E-state index contributed by atoms with van der Waals surface area (Å²) in [6.07, 6.45) is -0.236. The van der Waals surface area contributed by atoms with Gasteiger partial charge < -0.3 is 0 Å². The van der Waals surface area contributed by atoms with Crippen LogP contribution in [0.3, 0.4) is 0 Å². The highest BCUT2D eigenvalue weighted by Gasteiger charge is 2.38. The van der Waals surface area contributed by atoms with E-state index in [0.717, 1.165) is 36.4 Å². The van der Waals surface area contributed by atoms with Gasteiger partial charge in [0.15, 0.2) is 11.6 Å². The van der Waals surface area contributed by atoms with Crippen LogP contribution in [0.25, 0.3) is 0 Å². The van der Waals surface area contributed by atoms with E-state index in [1.54, 1.807) is 6.92 Å². The minimum Gasteiger partial charge on any atom is -0.289 e. The average Bonchev–Trinajstić information content (AvgIpc) is 2.84. The van der Waals surface area contributed by atoms with Gasteiger partial charge in [0.1, 0.15) is 10.7 Å². The molecular weight excluding hydrogens is 613 g/mol. The van der Waals surface area contributed by atoms with Crippen LogP contribution in [0, 0.1) is 0 Å². The van der Waals surface area contributed by atoms with Crippen molar-refractivity contribution in [1.29, 1.82) is 0 Å². The molecule has 14 nitrogen and oxygen atoms in total. The predicted octanol–water partition coefficient (Wildman–Crippen LogP) is 1.05. The summed E-state index contributed by atoms with van der Waals surface area (Å²) in [7, 11) is -19.2. The van der Waals surface area contributed by atoms with E-state index in [2.05, 4.69) is 0 Å². The summed E-state index contributed by atoms with van der Waals surface area (Å²) in [5.74, 6) is -1.92. The largest absolute Gasteiger partial charge is 0.289 e. The number of nitrogens with one attached hydrogen (secondary N) is 2. The maximum absolute atomic E-state index is 13.5. The fourth-order valence-electron chi connectivity index (χ4n) is 4.07. The van der Waals surface area contributed by atoms with Crippen LogP contribution in [-0.4, -0.2) is 65.1 Å². The Morgan fingerprint density at radius 1 is 0.675 bits per heavy atom. The molecule has 1 aliphatic carbocycles. The fourth-order valence-corrected chi connectivity index (χ4v) is 9.31. The fraction of sp³-hybridized carbons (Fsp3) is 0.364. The summed E-state index contributed by atoms with van der Waals surface area (Å²) in [4.78, 5) is 25.3. The van der Waals surface area contributed by atoms with E-state index in [1.807, 2.05) is 9.44 Å². The molecule has 0 saturated heterocycles. The molecule has 0 saturated carbocycles. The second-order valence-electron chi connectivity index (χ2n) is 8.87. The molecule has 0 spiro atoms. The molecule has 4 N–H and O–H groups in total. The van der Waals surface area contributed by atoms with Crippen molar-refractivity contribution >= 4 is 51.8 Å². The van der Waals surface area contributed by atoms with Crippen molar-refractivity contribution in [3.05, 3.63) is 58.7 Å². The molecule has 0 aliphatic heterocycles. The Morgan fingerprint density at radius 2 is 1.20 bits per heavy atom. The van der Waals surface area contributed by atoms with Gasteiger partial charge in [-0.25, -0.2) is 16.8 Å². The summed E-state index contributed by atoms with van der Waals surface area (Å²) in [5, 5.41) is -3.83. The zero-order valence-electron chi connectivity index (χ0n) is 21.1. The summed E-state index contributed by atoms with van der Waals surface area (Å²) in [5.41, 5.74) is -1.77. The lowest BCUT2D eigenvalue weighted by Gasteiger charge is -2.22. The molecule has 40 heavy (non-hydrogen) atoms. The monoisotopic (exact) mass is 638 g/mol. The quantitative estimate of drug-likeness (QED) is 0.204. The van der Waals surface area contributed by atoms with E-state index < -0.39 is 83.5 Å². The standard InChI is InChI=1S/C22H26N2O12S4/c1-3-6-18(39(31,32)33)23-37(27,28)13-10-11-14-16(12-13)22(26)20-15(21(14)25)8-5-9-17(20)38(29,30)24-19(7-4-2)40(34,35)36/h5,8-12,18-19,23-24H,3-4,6-7H2,1-2H3,(H,31,32,33)(H,34,35,36). The summed E-state index contributed by atoms with van der Waals surface area (Å²) >= 11 is 0. The lowest BCUT2D eigenvalue weighted by molar-refractivity contribution is 0.0976. The first-order valence-electron chi connectivity index (χ1n) is 11.7. The molecule has 2 aromatic carbocycles. The minimum absolute atomic E-state index is 0.159.